The van der Waals surface area contributed by atoms with Gasteiger partial charge in [0.15, 0.2) is 0 Å². The zero-order chi connectivity index (χ0) is 16.2. The van der Waals surface area contributed by atoms with Crippen molar-refractivity contribution in [2.24, 2.45) is 29.1 Å². The molecule has 0 aromatic heterocycles. The van der Waals surface area contributed by atoms with Crippen LogP contribution in [0.5, 0.6) is 0 Å². The Labute approximate surface area is 137 Å². The Morgan fingerprint density at radius 1 is 1.27 bits per heavy atom. The summed E-state index contributed by atoms with van der Waals surface area (Å²) in [6.45, 7) is 7.87. The molecule has 2 rings (SSSR count). The minimum atomic E-state index is 0.258. The van der Waals surface area contributed by atoms with E-state index in [-0.39, 0.29) is 6.61 Å². The molecule has 1 fully saturated rings. The van der Waals surface area contributed by atoms with Gasteiger partial charge in [0.25, 0.3) is 0 Å². The van der Waals surface area contributed by atoms with Gasteiger partial charge in [-0.15, -0.1) is 0 Å². The summed E-state index contributed by atoms with van der Waals surface area (Å²) in [5.41, 5.74) is 1.71. The summed E-state index contributed by atoms with van der Waals surface area (Å²) >= 11 is 0. The maximum atomic E-state index is 9.72. The molecular weight excluding hydrogens is 272 g/mol. The lowest BCUT2D eigenvalue weighted by molar-refractivity contribution is -0.00624. The second-order valence-corrected chi connectivity index (χ2v) is 8.24. The Morgan fingerprint density at radius 3 is 2.73 bits per heavy atom. The second-order valence-electron chi connectivity index (χ2n) is 8.24. The number of rotatable bonds is 7. The van der Waals surface area contributed by atoms with Crippen LogP contribution in [-0.4, -0.2) is 23.4 Å². The number of fused-ring (bicyclic) bond motifs is 1. The van der Waals surface area contributed by atoms with Gasteiger partial charge in [-0.2, -0.15) is 0 Å². The van der Waals surface area contributed by atoms with Crippen molar-refractivity contribution in [3.63, 3.8) is 0 Å². The highest BCUT2D eigenvalue weighted by Gasteiger charge is 2.48. The van der Waals surface area contributed by atoms with Gasteiger partial charge in [-0.1, -0.05) is 33.3 Å². The molecule has 2 N–H and O–H groups in total. The normalized spacial score (nSPS) is 36.6. The fourth-order valence-electron chi connectivity index (χ4n) is 5.39. The van der Waals surface area contributed by atoms with Crippen LogP contribution >= 0.6 is 0 Å². The average molecular weight is 309 g/mol. The number of aliphatic hydroxyl groups is 2. The molecule has 5 atom stereocenters. The molecule has 128 valence electrons. The largest absolute Gasteiger partial charge is 0.396 e. The van der Waals surface area contributed by atoms with Gasteiger partial charge in [0.2, 0.25) is 0 Å². The predicted molar refractivity (Wildman–Crippen MR) is 92.6 cm³/mol. The van der Waals surface area contributed by atoms with Crippen molar-refractivity contribution in [2.75, 3.05) is 13.2 Å². The summed E-state index contributed by atoms with van der Waals surface area (Å²) < 4.78 is 0. The molecule has 5 unspecified atom stereocenters. The Hall–Kier alpha value is -0.340. The molecule has 22 heavy (non-hydrogen) atoms. The van der Waals surface area contributed by atoms with Crippen molar-refractivity contribution >= 4 is 0 Å². The van der Waals surface area contributed by atoms with E-state index in [2.05, 4.69) is 26.8 Å². The smallest absolute Gasteiger partial charge is 0.0644 e. The minimum absolute atomic E-state index is 0.258. The van der Waals surface area contributed by atoms with Crippen molar-refractivity contribution < 1.29 is 10.2 Å². The molecule has 0 spiro atoms. The number of aliphatic hydroxyl groups excluding tert-OH is 2. The Morgan fingerprint density at radius 2 is 2.05 bits per heavy atom. The summed E-state index contributed by atoms with van der Waals surface area (Å²) in [5.74, 6) is 2.93. The maximum absolute atomic E-state index is 9.72. The van der Waals surface area contributed by atoms with Crippen LogP contribution in [0.4, 0.5) is 0 Å². The molecule has 0 radical (unpaired) electrons. The maximum Gasteiger partial charge on any atom is 0.0644 e. The fraction of sp³-hybridized carbons (Fsp3) is 0.900. The van der Waals surface area contributed by atoms with E-state index in [0.717, 1.165) is 37.0 Å². The summed E-state index contributed by atoms with van der Waals surface area (Å²) in [4.78, 5) is 0. The highest BCUT2D eigenvalue weighted by molar-refractivity contribution is 5.18. The van der Waals surface area contributed by atoms with Gasteiger partial charge in [0.05, 0.1) is 6.61 Å². The van der Waals surface area contributed by atoms with E-state index in [1.165, 1.54) is 37.7 Å². The van der Waals surface area contributed by atoms with Crippen molar-refractivity contribution in [1.82, 2.24) is 0 Å². The van der Waals surface area contributed by atoms with E-state index in [0.29, 0.717) is 17.9 Å². The lowest BCUT2D eigenvalue weighted by Crippen LogP contribution is -2.45. The predicted octanol–water partition coefficient (Wildman–Crippen LogP) is 4.56. The second kappa shape index (κ2) is 7.97. The molecule has 0 heterocycles. The van der Waals surface area contributed by atoms with Gasteiger partial charge in [-0.3, -0.25) is 0 Å². The molecule has 0 aromatic carbocycles. The molecule has 0 aliphatic heterocycles. The van der Waals surface area contributed by atoms with E-state index in [1.54, 1.807) is 0 Å². The average Bonchev–Trinajstić information content (AvgIpc) is 2.50. The number of hydrogen-bond donors (Lipinski definition) is 2. The zero-order valence-electron chi connectivity index (χ0n) is 14.9. The standard InChI is InChI=1S/C20H36O2/c1-15(6-5-13-21)8-10-18-16(2)9-11-19-17(14-22)7-4-12-20(18,19)3/h7,15-16,18-19,21-22H,4-6,8-14H2,1-3H3. The quantitative estimate of drug-likeness (QED) is 0.677. The molecule has 0 bridgehead atoms. The van der Waals surface area contributed by atoms with E-state index in [9.17, 15) is 5.11 Å². The first-order valence-corrected chi connectivity index (χ1v) is 9.43. The first-order valence-electron chi connectivity index (χ1n) is 9.43. The third kappa shape index (κ3) is 3.76. The molecule has 0 aromatic rings. The Balaban J connectivity index is 2.03. The van der Waals surface area contributed by atoms with Gasteiger partial charge in [-0.25, -0.2) is 0 Å². The molecule has 2 heteroatoms. The lowest BCUT2D eigenvalue weighted by atomic mass is 9.51. The molecule has 2 aliphatic carbocycles. The molecule has 0 amide bonds. The molecule has 2 aliphatic rings. The Bertz CT molecular complexity index is 376. The highest BCUT2D eigenvalue weighted by atomic mass is 16.3. The fourth-order valence-corrected chi connectivity index (χ4v) is 5.39. The monoisotopic (exact) mass is 308 g/mol. The van der Waals surface area contributed by atoms with Gasteiger partial charge in [0, 0.05) is 6.61 Å². The zero-order valence-corrected chi connectivity index (χ0v) is 14.9. The first-order chi connectivity index (χ1) is 10.5. The van der Waals surface area contributed by atoms with E-state index < -0.39 is 0 Å². The first kappa shape index (κ1) is 18.0. The number of hydrogen-bond acceptors (Lipinski definition) is 2. The van der Waals surface area contributed by atoms with Crippen LogP contribution in [0.2, 0.25) is 0 Å². The van der Waals surface area contributed by atoms with Crippen LogP contribution in [0.15, 0.2) is 11.6 Å². The molecular formula is C20H36O2. The third-order valence-corrected chi connectivity index (χ3v) is 6.79. The van der Waals surface area contributed by atoms with Crippen LogP contribution in [0.25, 0.3) is 0 Å². The van der Waals surface area contributed by atoms with Gasteiger partial charge < -0.3 is 10.2 Å². The van der Waals surface area contributed by atoms with Crippen molar-refractivity contribution in [2.45, 2.75) is 72.1 Å². The van der Waals surface area contributed by atoms with Gasteiger partial charge in [-0.05, 0) is 79.6 Å². The summed E-state index contributed by atoms with van der Waals surface area (Å²) in [6.07, 6.45) is 12.0. The van der Waals surface area contributed by atoms with Crippen molar-refractivity contribution in [3.8, 4) is 0 Å². The van der Waals surface area contributed by atoms with E-state index in [4.69, 9.17) is 5.11 Å². The molecule has 1 saturated carbocycles. The van der Waals surface area contributed by atoms with Crippen molar-refractivity contribution in [3.05, 3.63) is 11.6 Å². The topological polar surface area (TPSA) is 40.5 Å². The number of allylic oxidation sites excluding steroid dienone is 1. The van der Waals surface area contributed by atoms with Gasteiger partial charge in [0.1, 0.15) is 0 Å². The van der Waals surface area contributed by atoms with E-state index >= 15 is 0 Å². The summed E-state index contributed by atoms with van der Waals surface area (Å²) in [7, 11) is 0. The van der Waals surface area contributed by atoms with Crippen LogP contribution in [0.1, 0.15) is 72.1 Å². The van der Waals surface area contributed by atoms with Gasteiger partial charge >= 0.3 is 0 Å². The summed E-state index contributed by atoms with van der Waals surface area (Å²) in [6, 6.07) is 0. The van der Waals surface area contributed by atoms with Crippen LogP contribution < -0.4 is 0 Å². The SMILES string of the molecule is CC(CCCO)CCC1C(C)CCC2C(CO)=CCCC21C. The minimum Gasteiger partial charge on any atom is -0.396 e. The lowest BCUT2D eigenvalue weighted by Gasteiger charge is -2.53. The summed E-state index contributed by atoms with van der Waals surface area (Å²) in [5, 5.41) is 18.7. The third-order valence-electron chi connectivity index (χ3n) is 6.79. The van der Waals surface area contributed by atoms with Crippen LogP contribution in [0, 0.1) is 29.1 Å². The Kier molecular flexibility index (Phi) is 6.52. The highest BCUT2D eigenvalue weighted by Crippen LogP contribution is 2.56. The molecule has 2 nitrogen and oxygen atoms in total. The van der Waals surface area contributed by atoms with E-state index in [1.807, 2.05) is 0 Å². The van der Waals surface area contributed by atoms with Crippen LogP contribution in [-0.2, 0) is 0 Å². The van der Waals surface area contributed by atoms with Crippen LogP contribution in [0.3, 0.4) is 0 Å². The molecule has 0 saturated heterocycles. The van der Waals surface area contributed by atoms with Crippen molar-refractivity contribution in [1.29, 1.82) is 0 Å².